The number of carbonyl (C=O) groups excluding carboxylic acids is 2. The molecule has 2 aromatic rings. The van der Waals surface area contributed by atoms with Crippen molar-refractivity contribution in [2.45, 2.75) is 27.2 Å². The highest BCUT2D eigenvalue weighted by molar-refractivity contribution is 6.39. The Hall–Kier alpha value is -2.89. The predicted molar refractivity (Wildman–Crippen MR) is 109 cm³/mol. The van der Waals surface area contributed by atoms with Crippen LogP contribution in [0.5, 0.6) is 0 Å². The molecular formula is C21H28N4O2. The first kappa shape index (κ1) is 20.4. The smallest absolute Gasteiger partial charge is 0.313 e. The van der Waals surface area contributed by atoms with Crippen LogP contribution < -0.4 is 10.2 Å². The molecule has 6 nitrogen and oxygen atoms in total. The van der Waals surface area contributed by atoms with Gasteiger partial charge in [-0.05, 0) is 69.2 Å². The molecule has 144 valence electrons. The zero-order chi connectivity index (χ0) is 19.6. The summed E-state index contributed by atoms with van der Waals surface area (Å²) in [5.74, 6) is -1.12. The summed E-state index contributed by atoms with van der Waals surface area (Å²) >= 11 is 0. The molecule has 0 fully saturated rings. The Kier molecular flexibility index (Phi) is 7.79. The van der Waals surface area contributed by atoms with E-state index in [-0.39, 0.29) is 0 Å². The van der Waals surface area contributed by atoms with Gasteiger partial charge >= 0.3 is 11.8 Å². The van der Waals surface area contributed by atoms with Gasteiger partial charge in [0.2, 0.25) is 0 Å². The minimum absolute atomic E-state index is 0.484. The van der Waals surface area contributed by atoms with E-state index in [4.69, 9.17) is 0 Å². The Morgan fingerprint density at radius 1 is 0.926 bits per heavy atom. The Morgan fingerprint density at radius 3 is 2.11 bits per heavy atom. The van der Waals surface area contributed by atoms with Crippen LogP contribution in [0.25, 0.3) is 0 Å². The average molecular weight is 368 g/mol. The summed E-state index contributed by atoms with van der Waals surface area (Å²) in [4.78, 5) is 32.5. The van der Waals surface area contributed by atoms with Crippen LogP contribution in [-0.2, 0) is 16.0 Å². The molecule has 0 bridgehead atoms. The van der Waals surface area contributed by atoms with Crippen molar-refractivity contribution in [2.75, 3.05) is 36.4 Å². The van der Waals surface area contributed by atoms with Crippen molar-refractivity contribution in [1.82, 2.24) is 9.88 Å². The van der Waals surface area contributed by atoms with Crippen LogP contribution in [0.15, 0.2) is 48.8 Å². The van der Waals surface area contributed by atoms with Crippen molar-refractivity contribution in [3.63, 3.8) is 0 Å². The molecule has 0 radical (unpaired) electrons. The van der Waals surface area contributed by atoms with E-state index in [0.29, 0.717) is 25.2 Å². The van der Waals surface area contributed by atoms with Crippen molar-refractivity contribution in [3.05, 3.63) is 54.4 Å². The average Bonchev–Trinajstić information content (AvgIpc) is 2.71. The van der Waals surface area contributed by atoms with Gasteiger partial charge in [0.15, 0.2) is 0 Å². The van der Waals surface area contributed by atoms with Crippen molar-refractivity contribution < 1.29 is 9.59 Å². The van der Waals surface area contributed by atoms with E-state index >= 15 is 0 Å². The second kappa shape index (κ2) is 10.3. The van der Waals surface area contributed by atoms with Gasteiger partial charge in [-0.25, -0.2) is 0 Å². The Balaban J connectivity index is 1.93. The van der Waals surface area contributed by atoms with Crippen LogP contribution in [0, 0.1) is 0 Å². The van der Waals surface area contributed by atoms with Gasteiger partial charge in [-0.15, -0.1) is 0 Å². The highest BCUT2D eigenvalue weighted by Gasteiger charge is 2.20. The number of anilines is 2. The summed E-state index contributed by atoms with van der Waals surface area (Å²) in [7, 11) is 0. The lowest BCUT2D eigenvalue weighted by molar-refractivity contribution is -0.143. The van der Waals surface area contributed by atoms with Crippen LogP contribution in [0.1, 0.15) is 26.3 Å². The van der Waals surface area contributed by atoms with Gasteiger partial charge in [0, 0.05) is 49.9 Å². The summed E-state index contributed by atoms with van der Waals surface area (Å²) in [5.41, 5.74) is 2.80. The third-order valence-electron chi connectivity index (χ3n) is 4.54. The number of rotatable bonds is 8. The maximum atomic E-state index is 12.5. The molecule has 0 aliphatic heterocycles. The van der Waals surface area contributed by atoms with Gasteiger partial charge in [0.05, 0.1) is 0 Å². The predicted octanol–water partition coefficient (Wildman–Crippen LogP) is 2.96. The largest absolute Gasteiger partial charge is 0.372 e. The quantitative estimate of drug-likeness (QED) is 0.728. The van der Waals surface area contributed by atoms with Gasteiger partial charge in [-0.2, -0.15) is 0 Å². The summed E-state index contributed by atoms with van der Waals surface area (Å²) in [6.45, 7) is 8.89. The summed E-state index contributed by atoms with van der Waals surface area (Å²) in [6, 6.07) is 11.4. The van der Waals surface area contributed by atoms with Gasteiger partial charge in [0.1, 0.15) is 0 Å². The summed E-state index contributed by atoms with van der Waals surface area (Å²) < 4.78 is 0. The zero-order valence-corrected chi connectivity index (χ0v) is 16.3. The Labute approximate surface area is 161 Å². The number of aromatic nitrogens is 1. The molecule has 2 amide bonds. The van der Waals surface area contributed by atoms with E-state index in [1.807, 2.05) is 43.3 Å². The number of nitrogens with zero attached hydrogens (tertiary/aromatic N) is 3. The van der Waals surface area contributed by atoms with Crippen LogP contribution in [0.4, 0.5) is 11.4 Å². The summed E-state index contributed by atoms with van der Waals surface area (Å²) in [6.07, 6.45) is 4.14. The maximum absolute atomic E-state index is 12.5. The third-order valence-corrected chi connectivity index (χ3v) is 4.54. The van der Waals surface area contributed by atoms with Crippen molar-refractivity contribution in [1.29, 1.82) is 0 Å². The molecule has 0 spiro atoms. The fourth-order valence-electron chi connectivity index (χ4n) is 2.89. The van der Waals surface area contributed by atoms with Crippen molar-refractivity contribution >= 4 is 23.2 Å². The highest BCUT2D eigenvalue weighted by atomic mass is 16.2. The number of likely N-dealkylation sites (N-methyl/N-ethyl adjacent to an activating group) is 1. The SMILES string of the molecule is CCN(CCc1ccncc1)C(=O)C(=O)Nc1ccc(N(CC)CC)cc1. The Morgan fingerprint density at radius 2 is 1.56 bits per heavy atom. The molecule has 6 heteroatoms. The molecule has 27 heavy (non-hydrogen) atoms. The minimum atomic E-state index is -0.609. The molecule has 0 aliphatic carbocycles. The lowest BCUT2D eigenvalue weighted by Gasteiger charge is -2.22. The van der Waals surface area contributed by atoms with E-state index in [1.165, 1.54) is 0 Å². The number of nitrogens with one attached hydrogen (secondary N) is 1. The van der Waals surface area contributed by atoms with Crippen molar-refractivity contribution in [2.24, 2.45) is 0 Å². The van der Waals surface area contributed by atoms with E-state index < -0.39 is 11.8 Å². The number of carbonyl (C=O) groups is 2. The number of hydrogen-bond donors (Lipinski definition) is 1. The van der Waals surface area contributed by atoms with Gasteiger partial charge < -0.3 is 15.1 Å². The molecule has 1 aromatic carbocycles. The maximum Gasteiger partial charge on any atom is 0.313 e. The fourth-order valence-corrected chi connectivity index (χ4v) is 2.89. The molecule has 0 aliphatic rings. The van der Waals surface area contributed by atoms with Crippen LogP contribution >= 0.6 is 0 Å². The Bertz CT molecular complexity index is 728. The molecular weight excluding hydrogens is 340 g/mol. The van der Waals surface area contributed by atoms with E-state index in [1.54, 1.807) is 17.3 Å². The standard InChI is InChI=1S/C21H28N4O2/c1-4-24(5-2)19-9-7-18(8-10-19)23-20(26)21(27)25(6-3)16-13-17-11-14-22-15-12-17/h7-12,14-15H,4-6,13,16H2,1-3H3,(H,23,26). The van der Waals surface area contributed by atoms with E-state index in [2.05, 4.69) is 29.0 Å². The highest BCUT2D eigenvalue weighted by Crippen LogP contribution is 2.17. The van der Waals surface area contributed by atoms with Crippen molar-refractivity contribution in [3.8, 4) is 0 Å². The molecule has 0 saturated carbocycles. The summed E-state index contributed by atoms with van der Waals surface area (Å²) in [5, 5.41) is 2.70. The molecule has 0 saturated heterocycles. The number of pyridine rings is 1. The number of amides is 2. The van der Waals surface area contributed by atoms with Crippen LogP contribution in [0.3, 0.4) is 0 Å². The lowest BCUT2D eigenvalue weighted by atomic mass is 10.2. The second-order valence-electron chi connectivity index (χ2n) is 6.16. The van der Waals surface area contributed by atoms with Crippen LogP contribution in [-0.4, -0.2) is 47.9 Å². The molecule has 0 unspecified atom stereocenters. The van der Waals surface area contributed by atoms with Gasteiger partial charge in [-0.1, -0.05) is 0 Å². The third kappa shape index (κ3) is 5.81. The molecule has 1 N–H and O–H groups in total. The van der Waals surface area contributed by atoms with Gasteiger partial charge in [0.25, 0.3) is 0 Å². The number of benzene rings is 1. The first-order chi connectivity index (χ1) is 13.1. The molecule has 1 aromatic heterocycles. The van der Waals surface area contributed by atoms with E-state index in [0.717, 1.165) is 24.3 Å². The number of hydrogen-bond acceptors (Lipinski definition) is 4. The molecule has 2 rings (SSSR count). The second-order valence-corrected chi connectivity index (χ2v) is 6.16. The zero-order valence-electron chi connectivity index (χ0n) is 16.3. The molecule has 1 heterocycles. The lowest BCUT2D eigenvalue weighted by Crippen LogP contribution is -2.40. The van der Waals surface area contributed by atoms with E-state index in [9.17, 15) is 9.59 Å². The topological polar surface area (TPSA) is 65.5 Å². The molecule has 0 atom stereocenters. The first-order valence-electron chi connectivity index (χ1n) is 9.43. The van der Waals surface area contributed by atoms with Gasteiger partial charge in [-0.3, -0.25) is 14.6 Å². The first-order valence-corrected chi connectivity index (χ1v) is 9.43. The minimum Gasteiger partial charge on any atom is -0.372 e. The van der Waals surface area contributed by atoms with Crippen LogP contribution in [0.2, 0.25) is 0 Å². The normalized spacial score (nSPS) is 10.3. The monoisotopic (exact) mass is 368 g/mol. The fraction of sp³-hybridized carbons (Fsp3) is 0.381.